The van der Waals surface area contributed by atoms with Gasteiger partial charge in [-0.05, 0) is 60.2 Å². The van der Waals surface area contributed by atoms with E-state index in [0.717, 1.165) is 0 Å². The van der Waals surface area contributed by atoms with Crippen LogP contribution in [0.15, 0.2) is 88.1 Å². The number of aromatic hydroxyl groups is 1. The van der Waals surface area contributed by atoms with Gasteiger partial charge in [-0.15, -0.1) is 0 Å². The van der Waals surface area contributed by atoms with Gasteiger partial charge in [-0.3, -0.25) is 14.2 Å². The first kappa shape index (κ1) is 27.6. The number of hydrogen-bond donors (Lipinski definition) is 4. The Labute approximate surface area is 231 Å². The lowest BCUT2D eigenvalue weighted by Crippen LogP contribution is -2.11. The molecule has 0 amide bonds. The number of phosphoric acid groups is 1. The van der Waals surface area contributed by atoms with Gasteiger partial charge in [-0.25, -0.2) is 4.79 Å². The van der Waals surface area contributed by atoms with Gasteiger partial charge in [0.1, 0.15) is 22.8 Å². The van der Waals surface area contributed by atoms with Crippen molar-refractivity contribution >= 4 is 36.2 Å². The average molecular weight is 574 g/mol. The fourth-order valence-corrected chi connectivity index (χ4v) is 4.88. The first-order valence-electron chi connectivity index (χ1n) is 12.2. The third kappa shape index (κ3) is 6.12. The van der Waals surface area contributed by atoms with E-state index in [-0.39, 0.29) is 58.1 Å². The Bertz CT molecular complexity index is 1870. The molecule has 1 heterocycles. The van der Waals surface area contributed by atoms with Gasteiger partial charge in [0, 0.05) is 52.9 Å². The number of ketones is 1. The number of anilines is 1. The van der Waals surface area contributed by atoms with Gasteiger partial charge in [-0.1, -0.05) is 12.1 Å². The number of carboxylic acids is 1. The van der Waals surface area contributed by atoms with Gasteiger partial charge >= 0.3 is 13.8 Å². The number of Topliss-reactive ketones (excluding diaryl/α,β-unsaturated/α-hetero) is 1. The van der Waals surface area contributed by atoms with Crippen molar-refractivity contribution in [3.63, 3.8) is 0 Å². The lowest BCUT2D eigenvalue weighted by Gasteiger charge is -2.17. The summed E-state index contributed by atoms with van der Waals surface area (Å²) >= 11 is 0. The maximum Gasteiger partial charge on any atom is 0.336 e. The van der Waals surface area contributed by atoms with Crippen molar-refractivity contribution in [2.45, 2.75) is 6.42 Å². The molecule has 0 bridgehead atoms. The van der Waals surface area contributed by atoms with E-state index in [4.69, 9.17) is 9.31 Å². The van der Waals surface area contributed by atoms with Gasteiger partial charge < -0.3 is 34.3 Å². The number of carbonyl (C=O) groups excluding carboxylic acids is 1. The van der Waals surface area contributed by atoms with E-state index >= 15 is 0 Å². The van der Waals surface area contributed by atoms with Crippen molar-refractivity contribution in [1.29, 1.82) is 0 Å². The molecule has 0 saturated heterocycles. The highest BCUT2D eigenvalue weighted by Gasteiger charge is 2.23. The average Bonchev–Trinajstić information content (AvgIpc) is 2.91. The molecule has 0 saturated carbocycles. The molecule has 0 fully saturated rings. The molecule has 4 N–H and O–H groups in total. The first-order chi connectivity index (χ1) is 19.5. The van der Waals surface area contributed by atoms with Crippen LogP contribution in [0.4, 0.5) is 5.69 Å². The standard InChI is InChI=1S/C29H22NO10P/c31-18-4-9-22-26(14-18)39-27-15-19(32)5-10-23(27)28(22)21-8-1-16(13-24(21)29(34)35)25(33)11-12-30-17-2-6-20(7-3-17)40-41(36,37)38/h1-10,13-15,30-31H,11-12H2,(H,34,35)(H2,36,37,38)/p-1. The molecule has 0 spiro atoms. The van der Waals surface area contributed by atoms with Crippen LogP contribution in [0.5, 0.6) is 11.5 Å². The highest BCUT2D eigenvalue weighted by molar-refractivity contribution is 7.45. The Morgan fingerprint density at radius 3 is 2.39 bits per heavy atom. The number of carbonyl (C=O) groups is 2. The summed E-state index contributed by atoms with van der Waals surface area (Å²) in [5.74, 6) is -1.52. The maximum atomic E-state index is 12.9. The molecular formula is C29H21NO10P-. The van der Waals surface area contributed by atoms with E-state index in [9.17, 15) is 34.1 Å². The summed E-state index contributed by atoms with van der Waals surface area (Å²) in [5.41, 5.74) is 1.82. The fraction of sp³-hybridized carbons (Fsp3) is 0.0690. The predicted octanol–water partition coefficient (Wildman–Crippen LogP) is 4.49. The molecule has 11 nitrogen and oxygen atoms in total. The Kier molecular flexibility index (Phi) is 7.34. The molecule has 3 aromatic rings. The van der Waals surface area contributed by atoms with Gasteiger partial charge in [0.25, 0.3) is 0 Å². The van der Waals surface area contributed by atoms with Gasteiger partial charge in [0.2, 0.25) is 0 Å². The topological polar surface area (TPSA) is 186 Å². The minimum Gasteiger partial charge on any atom is -0.746 e. The van der Waals surface area contributed by atoms with E-state index in [2.05, 4.69) is 9.84 Å². The van der Waals surface area contributed by atoms with Gasteiger partial charge in [-0.2, -0.15) is 0 Å². The highest BCUT2D eigenvalue weighted by Crippen LogP contribution is 2.42. The van der Waals surface area contributed by atoms with Crippen LogP contribution in [-0.2, 0) is 4.57 Å². The smallest absolute Gasteiger partial charge is 0.336 e. The lowest BCUT2D eigenvalue weighted by molar-refractivity contribution is -0.211. The molecule has 1 aliphatic carbocycles. The molecule has 1 atom stereocenters. The summed E-state index contributed by atoms with van der Waals surface area (Å²) in [6.07, 6.45) is 0.0185. The highest BCUT2D eigenvalue weighted by atomic mass is 31.2. The number of carboxylic acid groups (broad SMARTS) is 1. The number of phenolic OH excluding ortho intramolecular Hbond substituents is 1. The monoisotopic (exact) mass is 574 g/mol. The summed E-state index contributed by atoms with van der Waals surface area (Å²) in [6.45, 7) is 0.194. The van der Waals surface area contributed by atoms with Crippen LogP contribution >= 0.6 is 7.82 Å². The van der Waals surface area contributed by atoms with Crippen molar-refractivity contribution in [1.82, 2.24) is 0 Å². The molecule has 3 aromatic carbocycles. The van der Waals surface area contributed by atoms with Crippen LogP contribution in [0.2, 0.25) is 0 Å². The molecule has 0 aromatic heterocycles. The molecule has 1 aliphatic heterocycles. The number of hydrogen-bond acceptors (Lipinski definition) is 9. The SMILES string of the molecule is O=C(CCNc1ccc(OP(=O)([O-])O)cc1)c1ccc(-c2c3ccc(=O)cc-3oc3cc(O)ccc23)c(C(=O)O)c1. The molecule has 0 radical (unpaired) electrons. The summed E-state index contributed by atoms with van der Waals surface area (Å²) < 4.78 is 21.0. The van der Waals surface area contributed by atoms with Gasteiger partial charge in [0.15, 0.2) is 11.2 Å². The van der Waals surface area contributed by atoms with E-state index in [1.807, 2.05) is 0 Å². The summed E-state index contributed by atoms with van der Waals surface area (Å²) in [5, 5.41) is 23.6. The largest absolute Gasteiger partial charge is 0.746 e. The Hall–Kier alpha value is -4.96. The third-order valence-corrected chi connectivity index (χ3v) is 6.72. The van der Waals surface area contributed by atoms with Crippen LogP contribution in [-0.4, -0.2) is 33.4 Å². The van der Waals surface area contributed by atoms with E-state index < -0.39 is 13.8 Å². The quantitative estimate of drug-likeness (QED) is 0.110. The minimum absolute atomic E-state index is 0.0185. The molecular weight excluding hydrogens is 553 g/mol. The summed E-state index contributed by atoms with van der Waals surface area (Å²) in [4.78, 5) is 56.9. The lowest BCUT2D eigenvalue weighted by atomic mass is 9.89. The van der Waals surface area contributed by atoms with Crippen LogP contribution in [0.1, 0.15) is 27.1 Å². The summed E-state index contributed by atoms with van der Waals surface area (Å²) in [7, 11) is -4.92. The Morgan fingerprint density at radius 1 is 0.951 bits per heavy atom. The zero-order valence-electron chi connectivity index (χ0n) is 21.1. The van der Waals surface area contributed by atoms with E-state index in [1.54, 1.807) is 12.1 Å². The summed E-state index contributed by atoms with van der Waals surface area (Å²) in [6, 6.07) is 18.6. The zero-order valence-corrected chi connectivity index (χ0v) is 22.0. The van der Waals surface area contributed by atoms with Gasteiger partial charge in [0.05, 0.1) is 5.56 Å². The van der Waals surface area contributed by atoms with Crippen LogP contribution in [0.3, 0.4) is 0 Å². The van der Waals surface area contributed by atoms with Crippen LogP contribution in [0, 0.1) is 0 Å². The van der Waals surface area contributed by atoms with Crippen LogP contribution < -0.4 is 20.2 Å². The number of fused-ring (bicyclic) bond motifs is 2. The third-order valence-electron chi connectivity index (χ3n) is 6.27. The normalized spacial score (nSPS) is 12.6. The predicted molar refractivity (Wildman–Crippen MR) is 147 cm³/mol. The van der Waals surface area contributed by atoms with Crippen LogP contribution in [0.25, 0.3) is 33.4 Å². The second kappa shape index (κ2) is 10.9. The van der Waals surface area contributed by atoms with Crippen molar-refractivity contribution in [2.75, 3.05) is 11.9 Å². The first-order valence-corrected chi connectivity index (χ1v) is 13.7. The second-order valence-electron chi connectivity index (χ2n) is 9.07. The van der Waals surface area contributed by atoms with E-state index in [1.165, 1.54) is 66.7 Å². The molecule has 12 heteroatoms. The number of rotatable bonds is 9. The van der Waals surface area contributed by atoms with E-state index in [0.29, 0.717) is 27.8 Å². The number of phosphoric ester groups is 1. The number of nitrogens with one attached hydrogen (secondary N) is 1. The Morgan fingerprint density at radius 2 is 1.68 bits per heavy atom. The fourth-order valence-electron chi connectivity index (χ4n) is 4.49. The molecule has 208 valence electrons. The van der Waals surface area contributed by atoms with Crippen molar-refractivity contribution in [2.24, 2.45) is 0 Å². The van der Waals surface area contributed by atoms with Crippen molar-refractivity contribution < 1.29 is 43.1 Å². The molecule has 41 heavy (non-hydrogen) atoms. The van der Waals surface area contributed by atoms with Crippen molar-refractivity contribution in [3.05, 3.63) is 100 Å². The number of aromatic carboxylic acids is 1. The van der Waals surface area contributed by atoms with Crippen molar-refractivity contribution in [3.8, 4) is 33.9 Å². The minimum atomic E-state index is -4.92. The molecule has 1 unspecified atom stereocenters. The molecule has 2 aliphatic rings. The number of phenols is 1. The second-order valence-corrected chi connectivity index (χ2v) is 10.2. The maximum absolute atomic E-state index is 12.9. The molecule has 5 rings (SSSR count). The Balaban J connectivity index is 1.43. The zero-order chi connectivity index (χ0) is 29.3. The number of benzene rings is 4.